The van der Waals surface area contributed by atoms with E-state index in [2.05, 4.69) is 0 Å². The third kappa shape index (κ3) is 4.62. The molecule has 6 nitrogen and oxygen atoms in total. The minimum absolute atomic E-state index is 0.141. The maximum absolute atomic E-state index is 13.0. The van der Waals surface area contributed by atoms with E-state index in [1.54, 1.807) is 12.1 Å². The molecule has 9 heteroatoms. The molecular formula is C16H18F3NO5. The molecule has 0 saturated carbocycles. The van der Waals surface area contributed by atoms with Gasteiger partial charge < -0.3 is 19.5 Å². The Labute approximate surface area is 142 Å². The number of benzene rings is 1. The van der Waals surface area contributed by atoms with Crippen LogP contribution in [0.3, 0.4) is 0 Å². The summed E-state index contributed by atoms with van der Waals surface area (Å²) in [4.78, 5) is 24.5. The van der Waals surface area contributed by atoms with Crippen molar-refractivity contribution in [1.82, 2.24) is 4.90 Å². The number of alkyl halides is 3. The summed E-state index contributed by atoms with van der Waals surface area (Å²) in [6.45, 7) is -0.548. The first-order valence-corrected chi connectivity index (χ1v) is 7.54. The number of carboxylic acid groups (broad SMARTS) is 1. The molecular weight excluding hydrogens is 343 g/mol. The van der Waals surface area contributed by atoms with Crippen molar-refractivity contribution >= 4 is 11.9 Å². The normalized spacial score (nSPS) is 20.6. The van der Waals surface area contributed by atoms with Gasteiger partial charge in [-0.25, -0.2) is 0 Å². The Kier molecular flexibility index (Phi) is 5.89. The standard InChI is InChI=1S/C16H18F3NO5/c1-24-5-6-25-11-4-2-3-10(7-11)14(21)20-8-12(15(22)23)13(9-20)16(17,18)19/h2-4,7,12-13H,5-6,8-9H2,1H3,(H,22,23)/t12-,13-/m1/s1. The average Bonchev–Trinajstić information content (AvgIpc) is 3.00. The van der Waals surface area contributed by atoms with Gasteiger partial charge in [-0.2, -0.15) is 13.2 Å². The number of carboxylic acids is 1. The molecule has 0 spiro atoms. The molecule has 1 saturated heterocycles. The van der Waals surface area contributed by atoms with Gasteiger partial charge in [0.15, 0.2) is 0 Å². The molecule has 1 aliphatic rings. The van der Waals surface area contributed by atoms with Crippen molar-refractivity contribution in [3.63, 3.8) is 0 Å². The van der Waals surface area contributed by atoms with E-state index in [1.165, 1.54) is 19.2 Å². The predicted octanol–water partition coefficient (Wildman–Crippen LogP) is 2.05. The molecule has 1 N–H and O–H groups in total. The van der Waals surface area contributed by atoms with Gasteiger partial charge in [0.1, 0.15) is 12.4 Å². The summed E-state index contributed by atoms with van der Waals surface area (Å²) in [5, 5.41) is 9.01. The first-order chi connectivity index (χ1) is 11.7. The zero-order chi connectivity index (χ0) is 18.6. The van der Waals surface area contributed by atoms with Crippen LogP contribution in [0, 0.1) is 11.8 Å². The molecule has 1 aromatic rings. The second-order valence-electron chi connectivity index (χ2n) is 5.67. The van der Waals surface area contributed by atoms with E-state index in [1.807, 2.05) is 0 Å². The van der Waals surface area contributed by atoms with Crippen LogP contribution in [0.5, 0.6) is 5.75 Å². The first kappa shape index (κ1) is 19.0. The molecule has 1 amide bonds. The molecule has 0 unspecified atom stereocenters. The number of hydrogen-bond acceptors (Lipinski definition) is 4. The zero-order valence-corrected chi connectivity index (χ0v) is 13.5. The van der Waals surface area contributed by atoms with Crippen LogP contribution in [0.15, 0.2) is 24.3 Å². The lowest BCUT2D eigenvalue weighted by Gasteiger charge is -2.18. The highest BCUT2D eigenvalue weighted by molar-refractivity contribution is 5.95. The second kappa shape index (κ2) is 7.73. The Bertz CT molecular complexity index is 634. The number of methoxy groups -OCH3 is 1. The van der Waals surface area contributed by atoms with Gasteiger partial charge in [0.25, 0.3) is 5.91 Å². The van der Waals surface area contributed by atoms with Gasteiger partial charge in [-0.1, -0.05) is 6.07 Å². The molecule has 0 aromatic heterocycles. The molecule has 0 bridgehead atoms. The molecule has 2 atom stereocenters. The van der Waals surface area contributed by atoms with Crippen molar-refractivity contribution in [1.29, 1.82) is 0 Å². The number of likely N-dealkylation sites (tertiary alicyclic amines) is 1. The van der Waals surface area contributed by atoms with Crippen LogP contribution in [0.1, 0.15) is 10.4 Å². The smallest absolute Gasteiger partial charge is 0.394 e. The molecule has 1 aliphatic heterocycles. The average molecular weight is 361 g/mol. The molecule has 1 aromatic carbocycles. The summed E-state index contributed by atoms with van der Waals surface area (Å²) in [7, 11) is 1.51. The highest BCUT2D eigenvalue weighted by atomic mass is 19.4. The second-order valence-corrected chi connectivity index (χ2v) is 5.67. The van der Waals surface area contributed by atoms with Crippen molar-refractivity contribution in [2.24, 2.45) is 11.8 Å². The number of ether oxygens (including phenoxy) is 2. The number of aliphatic carboxylic acids is 1. The number of carbonyl (C=O) groups is 2. The van der Waals surface area contributed by atoms with Crippen LogP contribution in [-0.2, 0) is 9.53 Å². The van der Waals surface area contributed by atoms with E-state index >= 15 is 0 Å². The van der Waals surface area contributed by atoms with E-state index in [9.17, 15) is 22.8 Å². The van der Waals surface area contributed by atoms with Crippen LogP contribution in [0.4, 0.5) is 13.2 Å². The Hall–Kier alpha value is -2.29. The van der Waals surface area contributed by atoms with E-state index in [0.717, 1.165) is 4.90 Å². The number of carbonyl (C=O) groups excluding carboxylic acids is 1. The zero-order valence-electron chi connectivity index (χ0n) is 13.5. The van der Waals surface area contributed by atoms with Crippen LogP contribution in [0.2, 0.25) is 0 Å². The number of halogens is 3. The molecule has 1 fully saturated rings. The Balaban J connectivity index is 2.13. The van der Waals surface area contributed by atoms with Crippen LogP contribution in [0.25, 0.3) is 0 Å². The van der Waals surface area contributed by atoms with E-state index in [4.69, 9.17) is 14.6 Å². The van der Waals surface area contributed by atoms with Gasteiger partial charge in [0.2, 0.25) is 0 Å². The molecule has 0 radical (unpaired) electrons. The quantitative estimate of drug-likeness (QED) is 0.785. The Morgan fingerprint density at radius 2 is 2.00 bits per heavy atom. The summed E-state index contributed by atoms with van der Waals surface area (Å²) < 4.78 is 49.2. The van der Waals surface area contributed by atoms with Gasteiger partial charge in [-0.3, -0.25) is 9.59 Å². The number of rotatable bonds is 6. The van der Waals surface area contributed by atoms with Gasteiger partial charge in [0.05, 0.1) is 18.4 Å². The van der Waals surface area contributed by atoms with E-state index in [-0.39, 0.29) is 12.2 Å². The van der Waals surface area contributed by atoms with Crippen molar-refractivity contribution in [2.75, 3.05) is 33.4 Å². The fraction of sp³-hybridized carbons (Fsp3) is 0.500. The number of hydrogen-bond donors (Lipinski definition) is 1. The lowest BCUT2D eigenvalue weighted by Crippen LogP contribution is -2.34. The molecule has 1 heterocycles. The first-order valence-electron chi connectivity index (χ1n) is 7.54. The molecule has 0 aliphatic carbocycles. The highest BCUT2D eigenvalue weighted by Gasteiger charge is 2.53. The van der Waals surface area contributed by atoms with Crippen molar-refractivity contribution in [3.8, 4) is 5.75 Å². The third-order valence-corrected chi connectivity index (χ3v) is 3.98. The van der Waals surface area contributed by atoms with E-state index in [0.29, 0.717) is 12.4 Å². The van der Waals surface area contributed by atoms with E-state index < -0.39 is 43.0 Å². The minimum atomic E-state index is -4.68. The SMILES string of the molecule is COCCOc1cccc(C(=O)N2C[C@@H](C(F)(F)F)[C@H](C(=O)O)C2)c1. The molecule has 2 rings (SSSR count). The van der Waals surface area contributed by atoms with Crippen molar-refractivity contribution in [3.05, 3.63) is 29.8 Å². The molecule has 138 valence electrons. The van der Waals surface area contributed by atoms with Gasteiger partial charge in [0, 0.05) is 25.8 Å². The summed E-state index contributed by atoms with van der Waals surface area (Å²) in [6, 6.07) is 6.01. The van der Waals surface area contributed by atoms with Crippen molar-refractivity contribution in [2.45, 2.75) is 6.18 Å². The largest absolute Gasteiger partial charge is 0.491 e. The number of amides is 1. The highest BCUT2D eigenvalue weighted by Crippen LogP contribution is 2.38. The Morgan fingerprint density at radius 1 is 1.28 bits per heavy atom. The van der Waals surface area contributed by atoms with Gasteiger partial charge >= 0.3 is 12.1 Å². The maximum Gasteiger partial charge on any atom is 0.394 e. The maximum atomic E-state index is 13.0. The molecule has 25 heavy (non-hydrogen) atoms. The minimum Gasteiger partial charge on any atom is -0.491 e. The van der Waals surface area contributed by atoms with Crippen LogP contribution >= 0.6 is 0 Å². The number of nitrogens with zero attached hydrogens (tertiary/aromatic N) is 1. The van der Waals surface area contributed by atoms with Gasteiger partial charge in [-0.15, -0.1) is 0 Å². The third-order valence-electron chi connectivity index (χ3n) is 3.98. The van der Waals surface area contributed by atoms with Crippen LogP contribution in [-0.4, -0.2) is 61.5 Å². The topological polar surface area (TPSA) is 76.1 Å². The van der Waals surface area contributed by atoms with Crippen LogP contribution < -0.4 is 4.74 Å². The predicted molar refractivity (Wildman–Crippen MR) is 80.4 cm³/mol. The van der Waals surface area contributed by atoms with Gasteiger partial charge in [-0.05, 0) is 18.2 Å². The monoisotopic (exact) mass is 361 g/mol. The van der Waals surface area contributed by atoms with Crippen molar-refractivity contribution < 1.29 is 37.3 Å². The summed E-state index contributed by atoms with van der Waals surface area (Å²) in [5.74, 6) is -5.58. The lowest BCUT2D eigenvalue weighted by molar-refractivity contribution is -0.187. The Morgan fingerprint density at radius 3 is 2.56 bits per heavy atom. The summed E-state index contributed by atoms with van der Waals surface area (Å²) in [6.07, 6.45) is -4.68. The summed E-state index contributed by atoms with van der Waals surface area (Å²) >= 11 is 0. The lowest BCUT2D eigenvalue weighted by atomic mass is 9.96. The fourth-order valence-electron chi connectivity index (χ4n) is 2.70. The summed E-state index contributed by atoms with van der Waals surface area (Å²) in [5.41, 5.74) is 0.141. The fourth-order valence-corrected chi connectivity index (χ4v) is 2.70.